The molecule has 0 aromatic heterocycles. The lowest BCUT2D eigenvalue weighted by molar-refractivity contribution is -0.139. The van der Waals surface area contributed by atoms with Gasteiger partial charge in [0.2, 0.25) is 5.91 Å². The Morgan fingerprint density at radius 2 is 1.61 bits per heavy atom. The van der Waals surface area contributed by atoms with Gasteiger partial charge in [0.1, 0.15) is 0 Å². The Morgan fingerprint density at radius 1 is 0.939 bits per heavy atom. The molecule has 2 aliphatic heterocycles. The van der Waals surface area contributed by atoms with Crippen LogP contribution in [0, 0.1) is 13.8 Å². The number of nitrogens with one attached hydrogen (secondary N) is 1. The van der Waals surface area contributed by atoms with Crippen LogP contribution < -0.4 is 5.32 Å². The number of hydrogen-bond donors (Lipinski definition) is 1. The van der Waals surface area contributed by atoms with Crippen LogP contribution in [0.3, 0.4) is 0 Å². The van der Waals surface area contributed by atoms with E-state index < -0.39 is 0 Å². The van der Waals surface area contributed by atoms with Crippen molar-refractivity contribution in [1.29, 1.82) is 0 Å². The number of benzene rings is 2. The third-order valence-corrected chi connectivity index (χ3v) is 7.06. The van der Waals surface area contributed by atoms with Gasteiger partial charge < -0.3 is 19.9 Å². The van der Waals surface area contributed by atoms with Crippen molar-refractivity contribution in [3.05, 3.63) is 65.2 Å². The van der Waals surface area contributed by atoms with Crippen molar-refractivity contribution in [3.8, 4) is 0 Å². The number of hydrogen-bond acceptors (Lipinski definition) is 3. The maximum Gasteiger partial charge on any atom is 0.321 e. The van der Waals surface area contributed by atoms with E-state index in [1.807, 2.05) is 67.3 Å². The molecule has 33 heavy (non-hydrogen) atoms. The Labute approximate surface area is 196 Å². The number of ether oxygens (including phenoxy) is 1. The molecule has 2 saturated heterocycles. The molecule has 1 N–H and O–H groups in total. The lowest BCUT2D eigenvalue weighted by Gasteiger charge is -2.43. The highest BCUT2D eigenvalue weighted by Crippen LogP contribution is 2.26. The Hall–Kier alpha value is -2.86. The van der Waals surface area contributed by atoms with Crippen LogP contribution in [0.4, 0.5) is 10.5 Å². The van der Waals surface area contributed by atoms with Crippen LogP contribution in [0.15, 0.2) is 48.5 Å². The van der Waals surface area contributed by atoms with E-state index in [4.69, 9.17) is 4.74 Å². The van der Waals surface area contributed by atoms with Crippen LogP contribution in [0.5, 0.6) is 0 Å². The molecular weight excluding hydrogens is 414 g/mol. The van der Waals surface area contributed by atoms with Crippen molar-refractivity contribution in [3.63, 3.8) is 0 Å². The third-order valence-electron chi connectivity index (χ3n) is 7.06. The van der Waals surface area contributed by atoms with Gasteiger partial charge in [-0.15, -0.1) is 0 Å². The van der Waals surface area contributed by atoms with Crippen LogP contribution in [0.25, 0.3) is 0 Å². The molecule has 0 spiro atoms. The normalized spacial score (nSPS) is 17.6. The van der Waals surface area contributed by atoms with Crippen molar-refractivity contribution in [2.75, 3.05) is 31.6 Å². The van der Waals surface area contributed by atoms with E-state index in [0.29, 0.717) is 32.7 Å². The van der Waals surface area contributed by atoms with Gasteiger partial charge in [-0.1, -0.05) is 42.5 Å². The second-order valence-corrected chi connectivity index (χ2v) is 9.20. The first-order chi connectivity index (χ1) is 16.0. The van der Waals surface area contributed by atoms with Crippen molar-refractivity contribution in [1.82, 2.24) is 9.80 Å². The standard InChI is InChI=1S/C27H35N3O3/c1-20-7-6-10-25(21(20)2)28-27(32)29-15-11-23(12-16-29)30(24-13-17-33-18-14-24)26(31)19-22-8-4-3-5-9-22/h3-10,23-24H,11-19H2,1-2H3,(H,28,32). The Morgan fingerprint density at radius 3 is 2.30 bits per heavy atom. The average Bonchev–Trinajstić information content (AvgIpc) is 2.84. The number of nitrogens with zero attached hydrogens (tertiary/aromatic N) is 2. The summed E-state index contributed by atoms with van der Waals surface area (Å²) in [4.78, 5) is 30.3. The summed E-state index contributed by atoms with van der Waals surface area (Å²) in [6, 6.07) is 16.2. The van der Waals surface area contributed by atoms with Crippen molar-refractivity contribution < 1.29 is 14.3 Å². The smallest absolute Gasteiger partial charge is 0.321 e. The predicted octanol–water partition coefficient (Wildman–Crippen LogP) is 4.55. The largest absolute Gasteiger partial charge is 0.381 e. The number of amides is 3. The van der Waals surface area contributed by atoms with Gasteiger partial charge in [-0.25, -0.2) is 4.79 Å². The van der Waals surface area contributed by atoms with Crippen LogP contribution in [0.2, 0.25) is 0 Å². The summed E-state index contributed by atoms with van der Waals surface area (Å²) in [5.74, 6) is 0.186. The lowest BCUT2D eigenvalue weighted by atomic mass is 9.96. The summed E-state index contributed by atoms with van der Waals surface area (Å²) < 4.78 is 5.56. The summed E-state index contributed by atoms with van der Waals surface area (Å²) in [7, 11) is 0. The number of aryl methyl sites for hydroxylation is 1. The molecule has 2 heterocycles. The Bertz CT molecular complexity index is 948. The fourth-order valence-electron chi connectivity index (χ4n) is 4.96. The zero-order chi connectivity index (χ0) is 23.2. The van der Waals surface area contributed by atoms with Gasteiger partial charge in [0.15, 0.2) is 0 Å². The second-order valence-electron chi connectivity index (χ2n) is 9.20. The van der Waals surface area contributed by atoms with Crippen molar-refractivity contribution in [2.45, 2.75) is 58.0 Å². The quantitative estimate of drug-likeness (QED) is 0.728. The average molecular weight is 450 g/mol. The minimum Gasteiger partial charge on any atom is -0.381 e. The van der Waals surface area contributed by atoms with Crippen LogP contribution in [0.1, 0.15) is 42.4 Å². The third kappa shape index (κ3) is 5.74. The predicted molar refractivity (Wildman–Crippen MR) is 130 cm³/mol. The minimum absolute atomic E-state index is 0.0598. The van der Waals surface area contributed by atoms with Gasteiger partial charge >= 0.3 is 6.03 Å². The van der Waals surface area contributed by atoms with Gasteiger partial charge in [-0.2, -0.15) is 0 Å². The Kier molecular flexibility index (Phi) is 7.65. The molecular formula is C27H35N3O3. The van der Waals surface area contributed by atoms with E-state index in [1.165, 1.54) is 0 Å². The minimum atomic E-state index is -0.0598. The molecule has 2 fully saturated rings. The summed E-state index contributed by atoms with van der Waals surface area (Å²) >= 11 is 0. The molecule has 4 rings (SSSR count). The Balaban J connectivity index is 1.40. The molecule has 0 unspecified atom stereocenters. The molecule has 6 nitrogen and oxygen atoms in total. The van der Waals surface area contributed by atoms with Crippen molar-refractivity contribution >= 4 is 17.6 Å². The molecule has 0 bridgehead atoms. The number of carbonyl (C=O) groups is 2. The summed E-state index contributed by atoms with van der Waals surface area (Å²) in [5, 5.41) is 3.07. The fourth-order valence-corrected chi connectivity index (χ4v) is 4.96. The molecule has 0 radical (unpaired) electrons. The van der Waals surface area contributed by atoms with E-state index in [2.05, 4.69) is 10.2 Å². The molecule has 0 saturated carbocycles. The molecule has 2 aliphatic rings. The lowest BCUT2D eigenvalue weighted by Crippen LogP contribution is -2.54. The molecule has 6 heteroatoms. The molecule has 176 valence electrons. The van der Waals surface area contributed by atoms with E-state index in [-0.39, 0.29) is 24.0 Å². The van der Waals surface area contributed by atoms with Gasteiger partial charge in [0.05, 0.1) is 6.42 Å². The second kappa shape index (κ2) is 10.8. The van der Waals surface area contributed by atoms with Crippen molar-refractivity contribution in [2.24, 2.45) is 0 Å². The summed E-state index contributed by atoms with van der Waals surface area (Å²) in [6.07, 6.45) is 3.80. The molecule has 2 aromatic rings. The van der Waals surface area contributed by atoms with Gasteiger partial charge in [-0.05, 0) is 62.3 Å². The fraction of sp³-hybridized carbons (Fsp3) is 0.481. The number of likely N-dealkylation sites (tertiary alicyclic amines) is 1. The van der Waals surface area contributed by atoms with Gasteiger partial charge in [0, 0.05) is 44.1 Å². The zero-order valence-corrected chi connectivity index (χ0v) is 19.8. The highest BCUT2D eigenvalue weighted by molar-refractivity contribution is 5.90. The molecule has 0 aliphatic carbocycles. The van der Waals surface area contributed by atoms with E-state index in [1.54, 1.807) is 0 Å². The van der Waals surface area contributed by atoms with Crippen LogP contribution >= 0.6 is 0 Å². The number of carbonyl (C=O) groups excluding carboxylic acids is 2. The number of piperidine rings is 1. The van der Waals surface area contributed by atoms with E-state index in [0.717, 1.165) is 48.1 Å². The molecule has 3 amide bonds. The van der Waals surface area contributed by atoms with Crippen LogP contribution in [-0.4, -0.2) is 60.1 Å². The highest BCUT2D eigenvalue weighted by Gasteiger charge is 2.34. The zero-order valence-electron chi connectivity index (χ0n) is 19.8. The number of urea groups is 1. The van der Waals surface area contributed by atoms with E-state index in [9.17, 15) is 9.59 Å². The first-order valence-electron chi connectivity index (χ1n) is 12.1. The van der Waals surface area contributed by atoms with E-state index >= 15 is 0 Å². The monoisotopic (exact) mass is 449 g/mol. The first kappa shape index (κ1) is 23.3. The molecule has 2 aromatic carbocycles. The summed E-state index contributed by atoms with van der Waals surface area (Å²) in [5.41, 5.74) is 4.17. The maximum absolute atomic E-state index is 13.4. The maximum atomic E-state index is 13.4. The topological polar surface area (TPSA) is 61.9 Å². The number of rotatable bonds is 5. The molecule has 0 atom stereocenters. The van der Waals surface area contributed by atoms with Gasteiger partial charge in [-0.3, -0.25) is 4.79 Å². The first-order valence-corrected chi connectivity index (χ1v) is 12.1. The van der Waals surface area contributed by atoms with Gasteiger partial charge in [0.25, 0.3) is 0 Å². The van der Waals surface area contributed by atoms with Crippen LogP contribution in [-0.2, 0) is 16.0 Å². The SMILES string of the molecule is Cc1cccc(NC(=O)N2CCC(N(C(=O)Cc3ccccc3)C3CCOCC3)CC2)c1C. The number of anilines is 1. The summed E-state index contributed by atoms with van der Waals surface area (Å²) in [6.45, 7) is 6.79. The highest BCUT2D eigenvalue weighted by atomic mass is 16.5.